The van der Waals surface area contributed by atoms with Crippen molar-refractivity contribution in [2.24, 2.45) is 11.8 Å². The van der Waals surface area contributed by atoms with Gasteiger partial charge in [-0.15, -0.1) is 0 Å². The van der Waals surface area contributed by atoms with Crippen molar-refractivity contribution in [2.45, 2.75) is 18.9 Å². The highest BCUT2D eigenvalue weighted by atomic mass is 16.7. The zero-order chi connectivity index (χ0) is 13.4. The maximum Gasteiger partial charge on any atom is 0.231 e. The van der Waals surface area contributed by atoms with E-state index >= 15 is 0 Å². The van der Waals surface area contributed by atoms with E-state index in [1.54, 1.807) is 0 Å². The molecule has 4 heteroatoms. The average Bonchev–Trinajstić information content (AvgIpc) is 2.86. The highest BCUT2D eigenvalue weighted by molar-refractivity contribution is 5.46. The second-order valence-corrected chi connectivity index (χ2v) is 5.22. The lowest BCUT2D eigenvalue weighted by Gasteiger charge is -2.34. The minimum atomic E-state index is -0.578. The van der Waals surface area contributed by atoms with Crippen LogP contribution in [0.5, 0.6) is 11.5 Å². The Morgan fingerprint density at radius 3 is 2.79 bits per heavy atom. The maximum absolute atomic E-state index is 10.4. The van der Waals surface area contributed by atoms with E-state index in [0.29, 0.717) is 0 Å². The molecule has 1 aliphatic carbocycles. The molecule has 2 N–H and O–H groups in total. The smallest absolute Gasteiger partial charge is 0.231 e. The molecule has 3 rings (SSSR count). The Bertz CT molecular complexity index is 497. The predicted octanol–water partition coefficient (Wildman–Crippen LogP) is 1.67. The first-order chi connectivity index (χ1) is 9.20. The van der Waals surface area contributed by atoms with Gasteiger partial charge in [0.25, 0.3) is 0 Å². The minimum absolute atomic E-state index is 0.0309. The third-order valence-corrected chi connectivity index (χ3v) is 4.03. The number of fused-ring (bicyclic) bond motifs is 1. The molecule has 0 saturated heterocycles. The Kier molecular flexibility index (Phi) is 3.21. The van der Waals surface area contributed by atoms with E-state index in [1.807, 2.05) is 24.3 Å². The largest absolute Gasteiger partial charge is 0.454 e. The van der Waals surface area contributed by atoms with E-state index in [4.69, 9.17) is 9.47 Å². The van der Waals surface area contributed by atoms with E-state index in [0.717, 1.165) is 17.1 Å². The summed E-state index contributed by atoms with van der Waals surface area (Å²) >= 11 is 0. The number of benzene rings is 1. The number of rotatable bonds is 2. The van der Waals surface area contributed by atoms with Crippen LogP contribution in [0.4, 0.5) is 0 Å². The molecule has 102 valence electrons. The van der Waals surface area contributed by atoms with Crippen LogP contribution in [0.1, 0.15) is 18.4 Å². The normalized spacial score (nSPS) is 32.6. The summed E-state index contributed by atoms with van der Waals surface area (Å²) in [5, 5.41) is 19.7. The lowest BCUT2D eigenvalue weighted by molar-refractivity contribution is 0.0514. The fraction of sp³-hybridized carbons (Fsp3) is 0.467. The maximum atomic E-state index is 10.4. The highest BCUT2D eigenvalue weighted by Gasteiger charge is 2.34. The number of ether oxygens (including phenoxy) is 2. The molecule has 19 heavy (non-hydrogen) atoms. The molecule has 1 aromatic carbocycles. The van der Waals surface area contributed by atoms with Gasteiger partial charge in [0, 0.05) is 11.8 Å². The van der Waals surface area contributed by atoms with Crippen molar-refractivity contribution < 1.29 is 19.7 Å². The van der Waals surface area contributed by atoms with E-state index < -0.39 is 6.10 Å². The second-order valence-electron chi connectivity index (χ2n) is 5.22. The molecule has 0 amide bonds. The van der Waals surface area contributed by atoms with Gasteiger partial charge < -0.3 is 19.7 Å². The summed E-state index contributed by atoms with van der Waals surface area (Å²) in [5.74, 6) is 1.46. The standard InChI is InChI=1S/C15H18O4/c1-9-2-3-11(7-16)15(17)14(9)10-4-5-12-13(6-10)19-8-18-12/h2-6,9,11,14-17H,7-8H2,1H3/t9-,11-,14+,15-/m1/s1. The Hall–Kier alpha value is -1.52. The Labute approximate surface area is 112 Å². The van der Waals surface area contributed by atoms with Crippen LogP contribution in [0.3, 0.4) is 0 Å². The molecular formula is C15H18O4. The molecule has 1 aliphatic heterocycles. The van der Waals surface area contributed by atoms with Gasteiger partial charge in [0.05, 0.1) is 12.7 Å². The molecule has 4 atom stereocenters. The van der Waals surface area contributed by atoms with Crippen LogP contribution in [0, 0.1) is 11.8 Å². The summed E-state index contributed by atoms with van der Waals surface area (Å²) in [6.07, 6.45) is 3.38. The molecular weight excluding hydrogens is 244 g/mol. The summed E-state index contributed by atoms with van der Waals surface area (Å²) < 4.78 is 10.7. The Morgan fingerprint density at radius 2 is 2.00 bits per heavy atom. The summed E-state index contributed by atoms with van der Waals surface area (Å²) in [4.78, 5) is 0. The predicted molar refractivity (Wildman–Crippen MR) is 70.2 cm³/mol. The summed E-state index contributed by atoms with van der Waals surface area (Å²) in [6, 6.07) is 5.77. The molecule has 1 aromatic rings. The molecule has 0 aromatic heterocycles. The monoisotopic (exact) mass is 262 g/mol. The molecule has 1 heterocycles. The van der Waals surface area contributed by atoms with Gasteiger partial charge in [0.1, 0.15) is 0 Å². The second kappa shape index (κ2) is 4.87. The highest BCUT2D eigenvalue weighted by Crippen LogP contribution is 2.41. The number of aliphatic hydroxyl groups excluding tert-OH is 2. The quantitative estimate of drug-likeness (QED) is 0.796. The van der Waals surface area contributed by atoms with Gasteiger partial charge in [-0.2, -0.15) is 0 Å². The van der Waals surface area contributed by atoms with Gasteiger partial charge in [-0.05, 0) is 23.6 Å². The van der Waals surface area contributed by atoms with E-state index in [9.17, 15) is 10.2 Å². The Balaban J connectivity index is 1.94. The molecule has 0 spiro atoms. The van der Waals surface area contributed by atoms with Crippen molar-refractivity contribution in [1.82, 2.24) is 0 Å². The Morgan fingerprint density at radius 1 is 1.21 bits per heavy atom. The molecule has 0 saturated carbocycles. The summed E-state index contributed by atoms with van der Waals surface area (Å²) in [5.41, 5.74) is 1.02. The molecule has 4 nitrogen and oxygen atoms in total. The van der Waals surface area contributed by atoms with Gasteiger partial charge in [0.15, 0.2) is 11.5 Å². The van der Waals surface area contributed by atoms with Crippen molar-refractivity contribution >= 4 is 0 Å². The number of hydrogen-bond donors (Lipinski definition) is 2. The molecule has 0 bridgehead atoms. The van der Waals surface area contributed by atoms with E-state index in [2.05, 4.69) is 13.0 Å². The van der Waals surface area contributed by atoms with Crippen LogP contribution in [0.25, 0.3) is 0 Å². The zero-order valence-corrected chi connectivity index (χ0v) is 10.8. The van der Waals surface area contributed by atoms with Crippen LogP contribution in [0.15, 0.2) is 30.4 Å². The van der Waals surface area contributed by atoms with Crippen molar-refractivity contribution in [2.75, 3.05) is 13.4 Å². The third kappa shape index (κ3) is 2.11. The lowest BCUT2D eigenvalue weighted by Crippen LogP contribution is -2.35. The minimum Gasteiger partial charge on any atom is -0.454 e. The van der Waals surface area contributed by atoms with Crippen molar-refractivity contribution in [3.63, 3.8) is 0 Å². The lowest BCUT2D eigenvalue weighted by atomic mass is 9.74. The van der Waals surface area contributed by atoms with Gasteiger partial charge in [0.2, 0.25) is 6.79 Å². The molecule has 2 aliphatic rings. The average molecular weight is 262 g/mol. The van der Waals surface area contributed by atoms with Crippen LogP contribution < -0.4 is 9.47 Å². The third-order valence-electron chi connectivity index (χ3n) is 4.03. The molecule has 0 radical (unpaired) electrons. The van der Waals surface area contributed by atoms with Gasteiger partial charge in [-0.1, -0.05) is 25.1 Å². The zero-order valence-electron chi connectivity index (χ0n) is 10.8. The van der Waals surface area contributed by atoms with Gasteiger partial charge in [-0.25, -0.2) is 0 Å². The van der Waals surface area contributed by atoms with Crippen LogP contribution in [0.2, 0.25) is 0 Å². The van der Waals surface area contributed by atoms with Crippen molar-refractivity contribution in [1.29, 1.82) is 0 Å². The fourth-order valence-corrected chi connectivity index (χ4v) is 2.92. The fourth-order valence-electron chi connectivity index (χ4n) is 2.92. The first-order valence-corrected chi connectivity index (χ1v) is 6.57. The first kappa shape index (κ1) is 12.5. The van der Waals surface area contributed by atoms with E-state index in [1.165, 1.54) is 0 Å². The summed E-state index contributed by atoms with van der Waals surface area (Å²) in [6.45, 7) is 2.29. The van der Waals surface area contributed by atoms with Crippen molar-refractivity contribution in [3.8, 4) is 11.5 Å². The van der Waals surface area contributed by atoms with Gasteiger partial charge >= 0.3 is 0 Å². The number of allylic oxidation sites excluding steroid dienone is 1. The SMILES string of the molecule is C[C@@H]1C=C[C@H](CO)[C@@H](O)[C@@H]1c1ccc2c(c1)OCO2. The molecule has 0 unspecified atom stereocenters. The number of aliphatic hydroxyl groups is 2. The van der Waals surface area contributed by atoms with Gasteiger partial charge in [-0.3, -0.25) is 0 Å². The van der Waals surface area contributed by atoms with Crippen molar-refractivity contribution in [3.05, 3.63) is 35.9 Å². The topological polar surface area (TPSA) is 58.9 Å². The molecule has 0 fully saturated rings. The van der Waals surface area contributed by atoms with E-state index in [-0.39, 0.29) is 31.2 Å². The van der Waals surface area contributed by atoms with Crippen LogP contribution >= 0.6 is 0 Å². The first-order valence-electron chi connectivity index (χ1n) is 6.57. The van der Waals surface area contributed by atoms with Crippen LogP contribution in [-0.2, 0) is 0 Å². The number of hydrogen-bond acceptors (Lipinski definition) is 4. The van der Waals surface area contributed by atoms with Crippen LogP contribution in [-0.4, -0.2) is 29.7 Å². The summed E-state index contributed by atoms with van der Waals surface area (Å²) in [7, 11) is 0.